The van der Waals surface area contributed by atoms with Crippen LogP contribution in [-0.4, -0.2) is 30.3 Å². The summed E-state index contributed by atoms with van der Waals surface area (Å²) in [4.78, 5) is 15.2. The van der Waals surface area contributed by atoms with E-state index in [9.17, 15) is 4.79 Å². The van der Waals surface area contributed by atoms with Gasteiger partial charge < -0.3 is 9.32 Å². The lowest BCUT2D eigenvalue weighted by molar-refractivity contribution is 0.0753. The fourth-order valence-corrected chi connectivity index (χ4v) is 3.12. The Labute approximate surface area is 131 Å². The predicted molar refractivity (Wildman–Crippen MR) is 87.9 cm³/mol. The van der Waals surface area contributed by atoms with Crippen molar-refractivity contribution in [3.63, 3.8) is 0 Å². The molecule has 2 heterocycles. The summed E-state index contributed by atoms with van der Waals surface area (Å²) in [5.74, 6) is 1.30. The van der Waals surface area contributed by atoms with E-state index < -0.39 is 5.41 Å². The first kappa shape index (κ1) is 15.0. The van der Waals surface area contributed by atoms with Crippen molar-refractivity contribution in [1.82, 2.24) is 4.90 Å². The molecule has 1 aromatic carbocycles. The molecule has 3 heteroatoms. The smallest absolute Gasteiger partial charge is 0.204 e. The first-order chi connectivity index (χ1) is 10.6. The third-order valence-electron chi connectivity index (χ3n) is 4.32. The molecule has 0 N–H and O–H groups in total. The van der Waals surface area contributed by atoms with Gasteiger partial charge in [0.2, 0.25) is 5.78 Å². The van der Waals surface area contributed by atoms with Crippen LogP contribution in [0.15, 0.2) is 46.9 Å². The van der Waals surface area contributed by atoms with Crippen LogP contribution >= 0.6 is 0 Å². The molecular formula is C19H23NO2. The molecule has 116 valence electrons. The predicted octanol–water partition coefficient (Wildman–Crippen LogP) is 4.25. The Morgan fingerprint density at radius 3 is 2.45 bits per heavy atom. The lowest BCUT2D eigenvalue weighted by atomic mass is 9.86. The summed E-state index contributed by atoms with van der Waals surface area (Å²) >= 11 is 0. The standard InChI is InChI=1S/C19H23NO2/c1-19(2,14-20-12-6-7-13-20)18(21)17-11-10-16(22-17)15-8-4-3-5-9-15/h3-5,8-11H,6-7,12-14H2,1-2H3. The highest BCUT2D eigenvalue weighted by Gasteiger charge is 2.33. The quantitative estimate of drug-likeness (QED) is 0.774. The van der Waals surface area contributed by atoms with Crippen LogP contribution in [0.5, 0.6) is 0 Å². The molecule has 0 saturated carbocycles. The molecule has 1 saturated heterocycles. The van der Waals surface area contributed by atoms with Gasteiger partial charge in [-0.2, -0.15) is 0 Å². The molecular weight excluding hydrogens is 274 g/mol. The largest absolute Gasteiger partial charge is 0.453 e. The average Bonchev–Trinajstić information content (AvgIpc) is 3.18. The van der Waals surface area contributed by atoms with E-state index >= 15 is 0 Å². The lowest BCUT2D eigenvalue weighted by Gasteiger charge is -2.27. The van der Waals surface area contributed by atoms with Crippen LogP contribution in [0, 0.1) is 5.41 Å². The maximum absolute atomic E-state index is 12.8. The maximum atomic E-state index is 12.8. The number of rotatable bonds is 5. The summed E-state index contributed by atoms with van der Waals surface area (Å²) in [6, 6.07) is 13.6. The number of hydrogen-bond donors (Lipinski definition) is 0. The fraction of sp³-hybridized carbons (Fsp3) is 0.421. The van der Waals surface area contributed by atoms with Crippen molar-refractivity contribution in [1.29, 1.82) is 0 Å². The summed E-state index contributed by atoms with van der Waals surface area (Å²) in [5.41, 5.74) is 0.578. The van der Waals surface area contributed by atoms with Gasteiger partial charge in [0.25, 0.3) is 0 Å². The molecule has 1 aliphatic heterocycles. The topological polar surface area (TPSA) is 33.5 Å². The molecule has 1 aromatic heterocycles. The molecule has 0 amide bonds. The molecule has 2 aromatic rings. The molecule has 1 aliphatic rings. The van der Waals surface area contributed by atoms with Gasteiger partial charge in [-0.3, -0.25) is 4.79 Å². The summed E-state index contributed by atoms with van der Waals surface area (Å²) in [6.07, 6.45) is 2.48. The number of likely N-dealkylation sites (tertiary alicyclic amines) is 1. The molecule has 0 spiro atoms. The molecule has 22 heavy (non-hydrogen) atoms. The second kappa shape index (κ2) is 6.09. The van der Waals surface area contributed by atoms with E-state index in [0.29, 0.717) is 5.76 Å². The molecule has 3 rings (SSSR count). The fourth-order valence-electron chi connectivity index (χ4n) is 3.12. The number of nitrogens with zero attached hydrogens (tertiary/aromatic N) is 1. The zero-order chi connectivity index (χ0) is 15.6. The minimum atomic E-state index is -0.420. The minimum absolute atomic E-state index is 0.0848. The number of hydrogen-bond acceptors (Lipinski definition) is 3. The van der Waals surface area contributed by atoms with E-state index in [0.717, 1.165) is 31.0 Å². The lowest BCUT2D eigenvalue weighted by Crippen LogP contribution is -2.37. The van der Waals surface area contributed by atoms with Crippen LogP contribution in [0.2, 0.25) is 0 Å². The summed E-state index contributed by atoms with van der Waals surface area (Å²) in [6.45, 7) is 7.03. The van der Waals surface area contributed by atoms with E-state index in [-0.39, 0.29) is 5.78 Å². The molecule has 0 bridgehead atoms. The van der Waals surface area contributed by atoms with E-state index in [2.05, 4.69) is 4.90 Å². The van der Waals surface area contributed by atoms with Crippen molar-refractivity contribution in [2.45, 2.75) is 26.7 Å². The Hall–Kier alpha value is -1.87. The molecule has 1 fully saturated rings. The second-order valence-corrected chi connectivity index (χ2v) is 6.73. The number of carbonyl (C=O) groups is 1. The van der Waals surface area contributed by atoms with Crippen LogP contribution in [0.3, 0.4) is 0 Å². The van der Waals surface area contributed by atoms with Crippen LogP contribution in [0.25, 0.3) is 11.3 Å². The van der Waals surface area contributed by atoms with Crippen molar-refractivity contribution in [3.05, 3.63) is 48.2 Å². The van der Waals surface area contributed by atoms with Gasteiger partial charge in [0.05, 0.1) is 0 Å². The second-order valence-electron chi connectivity index (χ2n) is 6.73. The number of furan rings is 1. The molecule has 0 unspecified atom stereocenters. The van der Waals surface area contributed by atoms with Crippen molar-refractivity contribution >= 4 is 5.78 Å². The Kier molecular flexibility index (Phi) is 4.16. The van der Waals surface area contributed by atoms with Crippen molar-refractivity contribution in [2.75, 3.05) is 19.6 Å². The van der Waals surface area contributed by atoms with Gasteiger partial charge in [-0.05, 0) is 38.1 Å². The normalized spacial score (nSPS) is 16.1. The van der Waals surface area contributed by atoms with Crippen molar-refractivity contribution in [2.24, 2.45) is 5.41 Å². The number of ketones is 1. The van der Waals surface area contributed by atoms with E-state index in [1.807, 2.05) is 50.2 Å². The van der Waals surface area contributed by atoms with E-state index in [1.54, 1.807) is 6.07 Å². The Balaban J connectivity index is 1.75. The first-order valence-corrected chi connectivity index (χ1v) is 7.99. The Bertz CT molecular complexity index is 636. The third-order valence-corrected chi connectivity index (χ3v) is 4.32. The summed E-state index contributed by atoms with van der Waals surface area (Å²) in [5, 5.41) is 0. The van der Waals surface area contributed by atoms with Gasteiger partial charge in [-0.15, -0.1) is 0 Å². The monoisotopic (exact) mass is 297 g/mol. The van der Waals surface area contributed by atoms with Crippen LogP contribution in [0.4, 0.5) is 0 Å². The SMILES string of the molecule is CC(C)(CN1CCCC1)C(=O)c1ccc(-c2ccccc2)o1. The van der Waals surface area contributed by atoms with Gasteiger partial charge in [0, 0.05) is 17.5 Å². The Morgan fingerprint density at radius 2 is 1.77 bits per heavy atom. The molecule has 3 nitrogen and oxygen atoms in total. The van der Waals surface area contributed by atoms with Crippen molar-refractivity contribution in [3.8, 4) is 11.3 Å². The maximum Gasteiger partial charge on any atom is 0.204 e. The first-order valence-electron chi connectivity index (χ1n) is 7.99. The number of carbonyl (C=O) groups excluding carboxylic acids is 1. The molecule has 0 radical (unpaired) electrons. The Morgan fingerprint density at radius 1 is 1.09 bits per heavy atom. The van der Waals surface area contributed by atoms with Crippen LogP contribution in [-0.2, 0) is 0 Å². The summed E-state index contributed by atoms with van der Waals surface area (Å²) in [7, 11) is 0. The molecule has 0 aliphatic carbocycles. The van der Waals surface area contributed by atoms with Gasteiger partial charge in [0.15, 0.2) is 5.76 Å². The number of benzene rings is 1. The van der Waals surface area contributed by atoms with E-state index in [1.165, 1.54) is 12.8 Å². The highest BCUT2D eigenvalue weighted by Crippen LogP contribution is 2.29. The van der Waals surface area contributed by atoms with Crippen molar-refractivity contribution < 1.29 is 9.21 Å². The van der Waals surface area contributed by atoms with Gasteiger partial charge in [0.1, 0.15) is 5.76 Å². The highest BCUT2D eigenvalue weighted by atomic mass is 16.3. The van der Waals surface area contributed by atoms with Gasteiger partial charge in [-0.25, -0.2) is 0 Å². The van der Waals surface area contributed by atoms with Gasteiger partial charge in [-0.1, -0.05) is 44.2 Å². The van der Waals surface area contributed by atoms with Crippen LogP contribution in [0.1, 0.15) is 37.2 Å². The number of Topliss-reactive ketones (excluding diaryl/α,β-unsaturated/α-hetero) is 1. The van der Waals surface area contributed by atoms with Crippen LogP contribution < -0.4 is 0 Å². The van der Waals surface area contributed by atoms with Gasteiger partial charge >= 0.3 is 0 Å². The summed E-state index contributed by atoms with van der Waals surface area (Å²) < 4.78 is 5.81. The molecule has 0 atom stereocenters. The zero-order valence-electron chi connectivity index (χ0n) is 13.3. The third kappa shape index (κ3) is 3.14. The average molecular weight is 297 g/mol. The highest BCUT2D eigenvalue weighted by molar-refractivity contribution is 5.98. The minimum Gasteiger partial charge on any atom is -0.453 e. The zero-order valence-corrected chi connectivity index (χ0v) is 13.3. The van der Waals surface area contributed by atoms with E-state index in [4.69, 9.17) is 4.42 Å².